The van der Waals surface area contributed by atoms with Crippen LogP contribution in [0.15, 0.2) is 24.3 Å². The van der Waals surface area contributed by atoms with Crippen molar-refractivity contribution in [3.8, 4) is 0 Å². The number of nitrogens with one attached hydrogen (secondary N) is 1. The first-order valence-corrected chi connectivity index (χ1v) is 8.73. The van der Waals surface area contributed by atoms with Gasteiger partial charge in [0.15, 0.2) is 0 Å². The Morgan fingerprint density at radius 1 is 1.09 bits per heavy atom. The van der Waals surface area contributed by atoms with E-state index in [-0.39, 0.29) is 17.9 Å². The van der Waals surface area contributed by atoms with Crippen LogP contribution in [0.5, 0.6) is 0 Å². The maximum atomic E-state index is 12.4. The average Bonchev–Trinajstić information content (AvgIpc) is 2.55. The number of rotatable bonds is 4. The zero-order valence-electron chi connectivity index (χ0n) is 13.5. The van der Waals surface area contributed by atoms with Gasteiger partial charge in [-0.05, 0) is 62.0 Å². The minimum atomic E-state index is -0.700. The molecule has 0 spiro atoms. The summed E-state index contributed by atoms with van der Waals surface area (Å²) in [4.78, 5) is 23.4. The molecule has 1 aromatic rings. The highest BCUT2D eigenvalue weighted by Gasteiger charge is 2.28. The number of carbonyl (C=O) groups excluding carboxylic acids is 1. The van der Waals surface area contributed by atoms with Crippen molar-refractivity contribution < 1.29 is 14.7 Å². The maximum absolute atomic E-state index is 12.4. The second-order valence-corrected chi connectivity index (χ2v) is 6.95. The van der Waals surface area contributed by atoms with Crippen molar-refractivity contribution in [1.82, 2.24) is 5.32 Å². The minimum absolute atomic E-state index is 0.116. The molecule has 3 rings (SSSR count). The first-order valence-electron chi connectivity index (χ1n) is 8.73. The fraction of sp³-hybridized carbons (Fsp3) is 0.579. The Balaban J connectivity index is 1.52. The van der Waals surface area contributed by atoms with Gasteiger partial charge in [0.05, 0.1) is 5.92 Å². The summed E-state index contributed by atoms with van der Waals surface area (Å²) in [6.45, 7) is 0. The molecule has 1 atom stereocenters. The third-order valence-corrected chi connectivity index (χ3v) is 5.37. The lowest BCUT2D eigenvalue weighted by Crippen LogP contribution is -2.39. The van der Waals surface area contributed by atoms with E-state index in [4.69, 9.17) is 5.11 Å². The second-order valence-electron chi connectivity index (χ2n) is 6.95. The van der Waals surface area contributed by atoms with Crippen LogP contribution in [-0.4, -0.2) is 23.0 Å². The standard InChI is InChI=1S/C19H25NO3/c21-18(20-16-10-8-14(9-11-16)19(22)23)12-15-6-3-5-13-4-1-2-7-17(13)15/h1-2,4,7,14-16H,3,5-6,8-12H2,(H,20,21)(H,22,23). The fourth-order valence-corrected chi connectivity index (χ4v) is 4.06. The van der Waals surface area contributed by atoms with Gasteiger partial charge in [-0.15, -0.1) is 0 Å². The van der Waals surface area contributed by atoms with Crippen molar-refractivity contribution in [1.29, 1.82) is 0 Å². The predicted octanol–water partition coefficient (Wildman–Crippen LogP) is 3.26. The van der Waals surface area contributed by atoms with Crippen LogP contribution >= 0.6 is 0 Å². The molecule has 0 radical (unpaired) electrons. The van der Waals surface area contributed by atoms with Crippen LogP contribution in [0.1, 0.15) is 62.0 Å². The Morgan fingerprint density at radius 3 is 2.57 bits per heavy atom. The summed E-state index contributed by atoms with van der Waals surface area (Å²) in [6.07, 6.45) is 6.81. The van der Waals surface area contributed by atoms with Crippen molar-refractivity contribution in [2.24, 2.45) is 5.92 Å². The molecule has 0 aromatic heterocycles. The van der Waals surface area contributed by atoms with E-state index >= 15 is 0 Å². The molecule has 2 N–H and O–H groups in total. The van der Waals surface area contributed by atoms with Crippen LogP contribution in [0.2, 0.25) is 0 Å². The number of carboxylic acid groups (broad SMARTS) is 1. The molecule has 0 saturated heterocycles. The molecule has 0 heterocycles. The van der Waals surface area contributed by atoms with E-state index in [1.807, 2.05) is 0 Å². The SMILES string of the molecule is O=C(CC1CCCc2ccccc21)NC1CCC(C(=O)O)CC1. The molecule has 0 aliphatic heterocycles. The van der Waals surface area contributed by atoms with Crippen LogP contribution in [0.4, 0.5) is 0 Å². The number of aliphatic carboxylic acids is 1. The number of aryl methyl sites for hydroxylation is 1. The summed E-state index contributed by atoms with van der Waals surface area (Å²) in [5.41, 5.74) is 2.72. The van der Waals surface area contributed by atoms with Gasteiger partial charge in [0.2, 0.25) is 5.91 Å². The number of hydrogen-bond donors (Lipinski definition) is 2. The van der Waals surface area contributed by atoms with Crippen LogP contribution in [0.3, 0.4) is 0 Å². The highest BCUT2D eigenvalue weighted by Crippen LogP contribution is 2.34. The summed E-state index contributed by atoms with van der Waals surface area (Å²) in [5, 5.41) is 12.2. The smallest absolute Gasteiger partial charge is 0.306 e. The molecule has 0 bridgehead atoms. The Labute approximate surface area is 137 Å². The molecule has 23 heavy (non-hydrogen) atoms. The number of hydrogen-bond acceptors (Lipinski definition) is 2. The third-order valence-electron chi connectivity index (χ3n) is 5.37. The van der Waals surface area contributed by atoms with E-state index in [2.05, 4.69) is 29.6 Å². The molecule has 1 amide bonds. The van der Waals surface area contributed by atoms with Gasteiger partial charge in [-0.2, -0.15) is 0 Å². The Hall–Kier alpha value is -1.84. The summed E-state index contributed by atoms with van der Waals surface area (Å²) in [6, 6.07) is 8.61. The lowest BCUT2D eigenvalue weighted by molar-refractivity contribution is -0.142. The lowest BCUT2D eigenvalue weighted by Gasteiger charge is -2.29. The highest BCUT2D eigenvalue weighted by molar-refractivity contribution is 5.77. The number of carbonyl (C=O) groups is 2. The fourth-order valence-electron chi connectivity index (χ4n) is 4.06. The second kappa shape index (κ2) is 7.16. The molecule has 4 heteroatoms. The Kier molecular flexibility index (Phi) is 4.99. The zero-order chi connectivity index (χ0) is 16.2. The number of carboxylic acids is 1. The van der Waals surface area contributed by atoms with Crippen LogP contribution in [0.25, 0.3) is 0 Å². The van der Waals surface area contributed by atoms with Gasteiger partial charge in [0.25, 0.3) is 0 Å². The average molecular weight is 315 g/mol. The van der Waals surface area contributed by atoms with Crippen LogP contribution in [-0.2, 0) is 16.0 Å². The van der Waals surface area contributed by atoms with E-state index in [9.17, 15) is 9.59 Å². The zero-order valence-corrected chi connectivity index (χ0v) is 13.5. The third kappa shape index (κ3) is 3.92. The Bertz CT molecular complexity index is 576. The van der Waals surface area contributed by atoms with Gasteiger partial charge in [0, 0.05) is 12.5 Å². The van der Waals surface area contributed by atoms with Crippen LogP contribution in [0, 0.1) is 5.92 Å². The molecular formula is C19H25NO3. The van der Waals surface area contributed by atoms with Gasteiger partial charge in [0.1, 0.15) is 0 Å². The molecule has 1 unspecified atom stereocenters. The van der Waals surface area contributed by atoms with Crippen molar-refractivity contribution in [3.63, 3.8) is 0 Å². The highest BCUT2D eigenvalue weighted by atomic mass is 16.4. The summed E-state index contributed by atoms with van der Waals surface area (Å²) in [7, 11) is 0. The molecule has 4 nitrogen and oxygen atoms in total. The molecule has 1 aromatic carbocycles. The molecule has 1 fully saturated rings. The summed E-state index contributed by atoms with van der Waals surface area (Å²) >= 11 is 0. The summed E-state index contributed by atoms with van der Waals surface area (Å²) < 4.78 is 0. The Morgan fingerprint density at radius 2 is 1.83 bits per heavy atom. The van der Waals surface area contributed by atoms with Crippen molar-refractivity contribution in [2.45, 2.75) is 63.3 Å². The number of amides is 1. The van der Waals surface area contributed by atoms with Gasteiger partial charge < -0.3 is 10.4 Å². The van der Waals surface area contributed by atoms with Gasteiger partial charge in [-0.1, -0.05) is 24.3 Å². The van der Waals surface area contributed by atoms with E-state index in [1.54, 1.807) is 0 Å². The molecule has 1 saturated carbocycles. The van der Waals surface area contributed by atoms with E-state index in [0.717, 1.165) is 32.1 Å². The number of benzene rings is 1. The van der Waals surface area contributed by atoms with Gasteiger partial charge in [-0.25, -0.2) is 0 Å². The van der Waals surface area contributed by atoms with E-state index < -0.39 is 5.97 Å². The molecule has 2 aliphatic carbocycles. The topological polar surface area (TPSA) is 66.4 Å². The minimum Gasteiger partial charge on any atom is -0.481 e. The van der Waals surface area contributed by atoms with Crippen LogP contribution < -0.4 is 5.32 Å². The van der Waals surface area contributed by atoms with E-state index in [1.165, 1.54) is 11.1 Å². The molecule has 2 aliphatic rings. The monoisotopic (exact) mass is 315 g/mol. The largest absolute Gasteiger partial charge is 0.481 e. The lowest BCUT2D eigenvalue weighted by atomic mass is 9.80. The first-order chi connectivity index (χ1) is 11.1. The van der Waals surface area contributed by atoms with E-state index in [0.29, 0.717) is 25.2 Å². The number of fused-ring (bicyclic) bond motifs is 1. The van der Waals surface area contributed by atoms with Crippen molar-refractivity contribution in [2.75, 3.05) is 0 Å². The maximum Gasteiger partial charge on any atom is 0.306 e. The summed E-state index contributed by atoms with van der Waals surface area (Å²) in [5.74, 6) is -0.484. The normalized spacial score (nSPS) is 27.0. The predicted molar refractivity (Wildman–Crippen MR) is 88.3 cm³/mol. The molecule has 124 valence electrons. The quantitative estimate of drug-likeness (QED) is 0.896. The van der Waals surface area contributed by atoms with Gasteiger partial charge in [-0.3, -0.25) is 9.59 Å². The van der Waals surface area contributed by atoms with Crippen molar-refractivity contribution in [3.05, 3.63) is 35.4 Å². The first kappa shape index (κ1) is 16.0. The molecular weight excluding hydrogens is 290 g/mol. The van der Waals surface area contributed by atoms with Crippen molar-refractivity contribution >= 4 is 11.9 Å². The van der Waals surface area contributed by atoms with Gasteiger partial charge >= 0.3 is 5.97 Å².